The lowest BCUT2D eigenvalue weighted by Crippen LogP contribution is -1.85. The number of benzene rings is 2. The van der Waals surface area contributed by atoms with E-state index in [2.05, 4.69) is 0 Å². The van der Waals surface area contributed by atoms with E-state index in [-0.39, 0.29) is 5.75 Å². The zero-order valence-corrected chi connectivity index (χ0v) is 10.6. The van der Waals surface area contributed by atoms with Crippen molar-refractivity contribution in [2.24, 2.45) is 0 Å². The number of phenols is 1. The van der Waals surface area contributed by atoms with Gasteiger partial charge in [-0.05, 0) is 35.4 Å². The predicted molar refractivity (Wildman–Crippen MR) is 70.1 cm³/mol. The van der Waals surface area contributed by atoms with Crippen molar-refractivity contribution >= 4 is 23.2 Å². The molecule has 0 fully saturated rings. The van der Waals surface area contributed by atoms with E-state index in [9.17, 15) is 5.11 Å². The first-order valence-corrected chi connectivity index (χ1v) is 5.70. The summed E-state index contributed by atoms with van der Waals surface area (Å²) in [6, 6.07) is 10.5. The van der Waals surface area contributed by atoms with E-state index in [1.54, 1.807) is 25.3 Å². The average Bonchev–Trinajstić information content (AvgIpc) is 2.33. The second-order valence-electron chi connectivity index (χ2n) is 3.52. The monoisotopic (exact) mass is 268 g/mol. The molecular weight excluding hydrogens is 259 g/mol. The third-order valence-electron chi connectivity index (χ3n) is 2.43. The number of methoxy groups -OCH3 is 1. The summed E-state index contributed by atoms with van der Waals surface area (Å²) in [5, 5.41) is 10.4. The van der Waals surface area contributed by atoms with E-state index in [1.807, 2.05) is 18.2 Å². The zero-order valence-electron chi connectivity index (χ0n) is 9.08. The first kappa shape index (κ1) is 12.1. The second-order valence-corrected chi connectivity index (χ2v) is 4.33. The highest BCUT2D eigenvalue weighted by Gasteiger charge is 2.06. The largest absolute Gasteiger partial charge is 0.506 e. The van der Waals surface area contributed by atoms with Gasteiger partial charge >= 0.3 is 0 Å². The molecule has 0 atom stereocenters. The van der Waals surface area contributed by atoms with Gasteiger partial charge in [0.15, 0.2) is 0 Å². The van der Waals surface area contributed by atoms with Gasteiger partial charge in [-0.3, -0.25) is 0 Å². The average molecular weight is 269 g/mol. The molecule has 0 aliphatic rings. The minimum absolute atomic E-state index is 0.0538. The van der Waals surface area contributed by atoms with Crippen molar-refractivity contribution in [2.45, 2.75) is 0 Å². The van der Waals surface area contributed by atoms with Crippen LogP contribution >= 0.6 is 23.2 Å². The zero-order chi connectivity index (χ0) is 12.4. The maximum atomic E-state index is 9.55. The summed E-state index contributed by atoms with van der Waals surface area (Å²) in [7, 11) is 1.56. The highest BCUT2D eigenvalue weighted by Crippen LogP contribution is 2.33. The summed E-state index contributed by atoms with van der Waals surface area (Å²) in [6.07, 6.45) is 0. The molecule has 2 aromatic rings. The Bertz CT molecular complexity index is 553. The molecule has 2 nitrogen and oxygen atoms in total. The smallest absolute Gasteiger partial charge is 0.138 e. The van der Waals surface area contributed by atoms with Gasteiger partial charge in [-0.2, -0.15) is 0 Å². The van der Waals surface area contributed by atoms with Crippen LogP contribution in [0, 0.1) is 0 Å². The van der Waals surface area contributed by atoms with Gasteiger partial charge < -0.3 is 9.84 Å². The highest BCUT2D eigenvalue weighted by atomic mass is 35.5. The van der Waals surface area contributed by atoms with Crippen molar-refractivity contribution in [3.05, 3.63) is 46.4 Å². The predicted octanol–water partition coefficient (Wildman–Crippen LogP) is 4.37. The summed E-state index contributed by atoms with van der Waals surface area (Å²) in [4.78, 5) is 0. The molecule has 0 spiro atoms. The van der Waals surface area contributed by atoms with Crippen LogP contribution < -0.4 is 4.74 Å². The van der Waals surface area contributed by atoms with E-state index >= 15 is 0 Å². The van der Waals surface area contributed by atoms with Crippen LogP contribution in [0.2, 0.25) is 10.0 Å². The lowest BCUT2D eigenvalue weighted by molar-refractivity contribution is 0.415. The molecule has 2 aromatic carbocycles. The second kappa shape index (κ2) is 4.86. The van der Waals surface area contributed by atoms with E-state index in [4.69, 9.17) is 27.9 Å². The minimum Gasteiger partial charge on any atom is -0.506 e. The third kappa shape index (κ3) is 2.48. The fourth-order valence-electron chi connectivity index (χ4n) is 1.53. The van der Waals surface area contributed by atoms with Crippen molar-refractivity contribution in [1.82, 2.24) is 0 Å². The van der Waals surface area contributed by atoms with Crippen molar-refractivity contribution in [3.8, 4) is 22.6 Å². The van der Waals surface area contributed by atoms with Gasteiger partial charge in [0, 0.05) is 0 Å². The minimum atomic E-state index is 0.0538. The number of rotatable bonds is 2. The van der Waals surface area contributed by atoms with Gasteiger partial charge in [0.1, 0.15) is 11.5 Å². The number of hydrogen-bond donors (Lipinski definition) is 1. The summed E-state index contributed by atoms with van der Waals surface area (Å²) in [6.45, 7) is 0. The Morgan fingerprint density at radius 3 is 2.12 bits per heavy atom. The Hall–Kier alpha value is -1.38. The topological polar surface area (TPSA) is 29.5 Å². The molecular formula is C13H10Cl2O2. The van der Waals surface area contributed by atoms with E-state index in [0.717, 1.165) is 11.1 Å². The number of aromatic hydroxyl groups is 1. The number of phenolic OH excluding ortho intramolecular Hbond substituents is 1. The van der Waals surface area contributed by atoms with Crippen molar-refractivity contribution in [2.75, 3.05) is 7.11 Å². The lowest BCUT2D eigenvalue weighted by atomic mass is 10.1. The first-order valence-electron chi connectivity index (χ1n) is 4.94. The normalized spacial score (nSPS) is 10.3. The first-order chi connectivity index (χ1) is 8.11. The van der Waals surface area contributed by atoms with Gasteiger partial charge in [0.25, 0.3) is 0 Å². The fourth-order valence-corrected chi connectivity index (χ4v) is 1.84. The highest BCUT2D eigenvalue weighted by molar-refractivity contribution is 6.32. The van der Waals surface area contributed by atoms with Crippen molar-refractivity contribution < 1.29 is 9.84 Å². The van der Waals surface area contributed by atoms with Crippen LogP contribution in [0.15, 0.2) is 36.4 Å². The summed E-state index contributed by atoms with van der Waals surface area (Å²) < 4.78 is 5.14. The number of halogens is 2. The maximum Gasteiger partial charge on any atom is 0.138 e. The lowest BCUT2D eigenvalue weighted by Gasteiger charge is -2.07. The Morgan fingerprint density at radius 2 is 1.53 bits per heavy atom. The SMILES string of the molecule is COc1cc(-c2ccc(Cl)c(O)c2)ccc1Cl. The molecule has 0 saturated heterocycles. The van der Waals surface area contributed by atoms with Crippen molar-refractivity contribution in [3.63, 3.8) is 0 Å². The van der Waals surface area contributed by atoms with E-state index in [0.29, 0.717) is 15.8 Å². The Kier molecular flexibility index (Phi) is 3.46. The molecule has 0 aliphatic heterocycles. The van der Waals surface area contributed by atoms with Crippen LogP contribution in [0.1, 0.15) is 0 Å². The van der Waals surface area contributed by atoms with Gasteiger partial charge in [-0.15, -0.1) is 0 Å². The van der Waals surface area contributed by atoms with Crippen LogP contribution in [0.4, 0.5) is 0 Å². The Labute approximate surface area is 109 Å². The maximum absolute atomic E-state index is 9.55. The number of hydrogen-bond acceptors (Lipinski definition) is 2. The molecule has 88 valence electrons. The quantitative estimate of drug-likeness (QED) is 0.876. The van der Waals surface area contributed by atoms with E-state index in [1.165, 1.54) is 0 Å². The number of ether oxygens (including phenoxy) is 1. The van der Waals surface area contributed by atoms with Gasteiger partial charge in [0.05, 0.1) is 17.2 Å². The van der Waals surface area contributed by atoms with Gasteiger partial charge in [-0.25, -0.2) is 0 Å². The molecule has 0 aromatic heterocycles. The van der Waals surface area contributed by atoms with Crippen LogP contribution in [-0.4, -0.2) is 12.2 Å². The molecule has 0 bridgehead atoms. The Balaban J connectivity index is 2.49. The molecule has 0 saturated carbocycles. The van der Waals surface area contributed by atoms with Crippen molar-refractivity contribution in [1.29, 1.82) is 0 Å². The molecule has 0 aliphatic carbocycles. The summed E-state index contributed by atoms with van der Waals surface area (Å²) in [5.74, 6) is 0.650. The standard InChI is InChI=1S/C13H10Cl2O2/c1-17-13-7-9(3-5-11(13)15)8-2-4-10(14)12(16)6-8/h2-7,16H,1H3. The van der Waals surface area contributed by atoms with Crippen LogP contribution in [0.5, 0.6) is 11.5 Å². The molecule has 4 heteroatoms. The Morgan fingerprint density at radius 1 is 0.941 bits per heavy atom. The fraction of sp³-hybridized carbons (Fsp3) is 0.0769. The molecule has 2 rings (SSSR count). The van der Waals surface area contributed by atoms with Crippen LogP contribution in [0.25, 0.3) is 11.1 Å². The van der Waals surface area contributed by atoms with Gasteiger partial charge in [-0.1, -0.05) is 35.3 Å². The van der Waals surface area contributed by atoms with Crippen LogP contribution in [-0.2, 0) is 0 Å². The summed E-state index contributed by atoms with van der Waals surface area (Å²) in [5.41, 5.74) is 1.75. The molecule has 0 amide bonds. The van der Waals surface area contributed by atoms with E-state index < -0.39 is 0 Å². The van der Waals surface area contributed by atoms with Crippen LogP contribution in [0.3, 0.4) is 0 Å². The molecule has 0 radical (unpaired) electrons. The molecule has 0 unspecified atom stereocenters. The summed E-state index contributed by atoms with van der Waals surface area (Å²) >= 11 is 11.7. The third-order valence-corrected chi connectivity index (χ3v) is 3.06. The molecule has 1 N–H and O–H groups in total. The van der Waals surface area contributed by atoms with Gasteiger partial charge in [0.2, 0.25) is 0 Å². The molecule has 0 heterocycles. The molecule has 17 heavy (non-hydrogen) atoms.